The van der Waals surface area contributed by atoms with Crippen LogP contribution in [0.15, 0.2) is 18.2 Å². The van der Waals surface area contributed by atoms with Gasteiger partial charge in [0.05, 0.1) is 4.70 Å². The summed E-state index contributed by atoms with van der Waals surface area (Å²) in [7, 11) is 2.13. The Kier molecular flexibility index (Phi) is 4.56. The van der Waals surface area contributed by atoms with Gasteiger partial charge in [0, 0.05) is 44.7 Å². The molecule has 22 heavy (non-hydrogen) atoms. The van der Waals surface area contributed by atoms with Gasteiger partial charge in [0.1, 0.15) is 11.4 Å². The van der Waals surface area contributed by atoms with Gasteiger partial charge < -0.3 is 15.3 Å². The Labute approximate surface area is 133 Å². The number of rotatable bonds is 4. The number of carbonyl (C=O) groups is 1. The second-order valence-corrected chi connectivity index (χ2v) is 6.42. The quantitative estimate of drug-likeness (QED) is 0.879. The average molecular weight is 320 g/mol. The highest BCUT2D eigenvalue weighted by molar-refractivity contribution is 7.13. The fraction of sp³-hybridized carbons (Fsp3) is 0.467. The van der Waals surface area contributed by atoms with Crippen LogP contribution in [0.25, 0.3) is 10.1 Å². The molecule has 2 N–H and O–H groups in total. The summed E-state index contributed by atoms with van der Waals surface area (Å²) in [6.07, 6.45) is 0. The molecule has 1 aliphatic rings. The molecule has 118 valence electrons. The fourth-order valence-electron chi connectivity index (χ4n) is 2.57. The largest absolute Gasteiger partial charge is 0.508 e. The van der Waals surface area contributed by atoms with Crippen LogP contribution in [0.3, 0.4) is 0 Å². The molecule has 2 heterocycles. The van der Waals surface area contributed by atoms with Gasteiger partial charge in [-0.05, 0) is 36.8 Å². The molecule has 0 spiro atoms. The lowest BCUT2D eigenvalue weighted by molar-refractivity contribution is 0.0939. The summed E-state index contributed by atoms with van der Waals surface area (Å²) in [4.78, 5) is 16.9. The number of fused-ring (bicyclic) bond motifs is 1. The molecule has 0 saturated carbocycles. The molecule has 1 aliphatic heterocycles. The Hall–Kier alpha value is -1.70. The first-order chi connectivity index (χ1) is 10.6. The van der Waals surface area contributed by atoms with Crippen LogP contribution in [-0.4, -0.2) is 71.5 Å². The minimum absolute atomic E-state index is 0.152. The minimum Gasteiger partial charge on any atom is -0.508 e. The van der Waals surface area contributed by atoms with Gasteiger partial charge in [-0.25, -0.2) is 0 Å². The lowest BCUT2D eigenvalue weighted by atomic mass is 10.2. The monoisotopic (exact) mass is 320 g/mol. The summed E-state index contributed by atoms with van der Waals surface area (Å²) in [5.41, 5.74) is 0.397. The summed E-state index contributed by atoms with van der Waals surface area (Å²) in [6.45, 7) is 5.70. The highest BCUT2D eigenvalue weighted by atomic mass is 32.1. The van der Waals surface area contributed by atoms with E-state index in [1.807, 2.05) is 0 Å². The zero-order chi connectivity index (χ0) is 15.5. The van der Waals surface area contributed by atoms with E-state index in [1.54, 1.807) is 18.2 Å². The Bertz CT molecular complexity index is 665. The molecule has 1 fully saturated rings. The van der Waals surface area contributed by atoms with Crippen molar-refractivity contribution in [1.82, 2.24) is 19.5 Å². The molecular formula is C15H20N4O2S. The maximum absolute atomic E-state index is 12.2. The highest BCUT2D eigenvalue weighted by Gasteiger charge is 2.16. The third-order valence-electron chi connectivity index (χ3n) is 3.98. The van der Waals surface area contributed by atoms with Crippen LogP contribution < -0.4 is 5.32 Å². The van der Waals surface area contributed by atoms with Crippen LogP contribution in [0.4, 0.5) is 0 Å². The van der Waals surface area contributed by atoms with Gasteiger partial charge in [-0.15, -0.1) is 0 Å². The number of aromatic nitrogens is 1. The topological polar surface area (TPSA) is 68.7 Å². The average Bonchev–Trinajstić information content (AvgIpc) is 2.92. The number of amides is 1. The van der Waals surface area contributed by atoms with Gasteiger partial charge in [0.25, 0.3) is 5.91 Å². The van der Waals surface area contributed by atoms with Gasteiger partial charge in [-0.1, -0.05) is 0 Å². The maximum atomic E-state index is 12.2. The van der Waals surface area contributed by atoms with Crippen LogP contribution in [0.5, 0.6) is 5.75 Å². The second-order valence-electron chi connectivity index (χ2n) is 5.61. The van der Waals surface area contributed by atoms with Crippen molar-refractivity contribution in [1.29, 1.82) is 0 Å². The van der Waals surface area contributed by atoms with Crippen molar-refractivity contribution in [3.63, 3.8) is 0 Å². The number of nitrogens with zero attached hydrogens (tertiary/aromatic N) is 3. The SMILES string of the molecule is CN1CCN(CCNC(=O)c2nsc3ccc(O)cc23)CC1. The molecule has 1 amide bonds. The van der Waals surface area contributed by atoms with Crippen molar-refractivity contribution in [3.05, 3.63) is 23.9 Å². The van der Waals surface area contributed by atoms with E-state index < -0.39 is 0 Å². The van der Waals surface area contributed by atoms with E-state index in [9.17, 15) is 9.90 Å². The number of hydrogen-bond acceptors (Lipinski definition) is 6. The highest BCUT2D eigenvalue weighted by Crippen LogP contribution is 2.26. The van der Waals surface area contributed by atoms with Crippen molar-refractivity contribution < 1.29 is 9.90 Å². The molecule has 0 bridgehead atoms. The number of aromatic hydroxyl groups is 1. The molecule has 7 heteroatoms. The Morgan fingerprint density at radius 3 is 2.91 bits per heavy atom. The van der Waals surface area contributed by atoms with Gasteiger partial charge in [0.15, 0.2) is 0 Å². The summed E-state index contributed by atoms with van der Waals surface area (Å²) in [5, 5.41) is 13.2. The van der Waals surface area contributed by atoms with Crippen LogP contribution in [0.1, 0.15) is 10.5 Å². The molecule has 3 rings (SSSR count). The van der Waals surface area contributed by atoms with E-state index in [1.165, 1.54) is 11.5 Å². The first-order valence-electron chi connectivity index (χ1n) is 7.41. The molecule has 0 unspecified atom stereocenters. The smallest absolute Gasteiger partial charge is 0.271 e. The maximum Gasteiger partial charge on any atom is 0.271 e. The molecule has 0 atom stereocenters. The van der Waals surface area contributed by atoms with Gasteiger partial charge >= 0.3 is 0 Å². The normalized spacial score (nSPS) is 17.0. The van der Waals surface area contributed by atoms with E-state index in [0.29, 0.717) is 17.6 Å². The number of likely N-dealkylation sites (N-methyl/N-ethyl adjacent to an activating group) is 1. The number of benzene rings is 1. The molecule has 1 aromatic heterocycles. The summed E-state index contributed by atoms with van der Waals surface area (Å²) in [5.74, 6) is -0.0230. The number of nitrogens with one attached hydrogen (secondary N) is 1. The van der Waals surface area contributed by atoms with Gasteiger partial charge in [-0.2, -0.15) is 4.37 Å². The lowest BCUT2D eigenvalue weighted by Gasteiger charge is -2.32. The second kappa shape index (κ2) is 6.60. The van der Waals surface area contributed by atoms with E-state index >= 15 is 0 Å². The van der Waals surface area contributed by atoms with E-state index in [0.717, 1.165) is 37.4 Å². The van der Waals surface area contributed by atoms with Crippen LogP contribution in [0.2, 0.25) is 0 Å². The van der Waals surface area contributed by atoms with Gasteiger partial charge in [0.2, 0.25) is 0 Å². The number of carbonyl (C=O) groups excluding carboxylic acids is 1. The van der Waals surface area contributed by atoms with Crippen LogP contribution in [-0.2, 0) is 0 Å². The fourth-order valence-corrected chi connectivity index (χ4v) is 3.33. The first-order valence-corrected chi connectivity index (χ1v) is 8.18. The van der Waals surface area contributed by atoms with Crippen molar-refractivity contribution in [2.75, 3.05) is 46.3 Å². The number of hydrogen-bond donors (Lipinski definition) is 2. The van der Waals surface area contributed by atoms with Crippen molar-refractivity contribution in [3.8, 4) is 5.75 Å². The van der Waals surface area contributed by atoms with E-state index in [-0.39, 0.29) is 11.7 Å². The Morgan fingerprint density at radius 1 is 1.36 bits per heavy atom. The summed E-state index contributed by atoms with van der Waals surface area (Å²) in [6, 6.07) is 4.98. The van der Waals surface area contributed by atoms with E-state index in [4.69, 9.17) is 0 Å². The summed E-state index contributed by atoms with van der Waals surface area (Å²) >= 11 is 1.27. The number of phenols is 1. The van der Waals surface area contributed by atoms with Crippen molar-refractivity contribution in [2.45, 2.75) is 0 Å². The minimum atomic E-state index is -0.175. The molecule has 2 aromatic rings. The molecular weight excluding hydrogens is 300 g/mol. The zero-order valence-electron chi connectivity index (χ0n) is 12.6. The lowest BCUT2D eigenvalue weighted by Crippen LogP contribution is -2.46. The molecule has 6 nitrogen and oxygen atoms in total. The number of piperazine rings is 1. The van der Waals surface area contributed by atoms with Gasteiger partial charge in [-0.3, -0.25) is 9.69 Å². The third kappa shape index (κ3) is 3.37. The third-order valence-corrected chi connectivity index (χ3v) is 4.80. The molecule has 0 radical (unpaired) electrons. The Balaban J connectivity index is 1.56. The summed E-state index contributed by atoms with van der Waals surface area (Å²) < 4.78 is 5.11. The number of phenolic OH excluding ortho intramolecular Hbond substituents is 1. The van der Waals surface area contributed by atoms with Crippen molar-refractivity contribution >= 4 is 27.5 Å². The van der Waals surface area contributed by atoms with Crippen molar-refractivity contribution in [2.24, 2.45) is 0 Å². The standard InChI is InChI=1S/C15H20N4O2S/c1-18-6-8-19(9-7-18)5-4-16-15(21)14-12-10-11(20)2-3-13(12)22-17-14/h2-3,10,20H,4-9H2,1H3,(H,16,21). The predicted octanol–water partition coefficient (Wildman–Crippen LogP) is 0.979. The molecule has 1 aromatic carbocycles. The Morgan fingerprint density at radius 2 is 2.14 bits per heavy atom. The van der Waals surface area contributed by atoms with Crippen LogP contribution in [0, 0.1) is 0 Å². The predicted molar refractivity (Wildman–Crippen MR) is 87.6 cm³/mol. The van der Waals surface area contributed by atoms with E-state index in [2.05, 4.69) is 26.5 Å². The molecule has 1 saturated heterocycles. The first kappa shape index (κ1) is 15.2. The zero-order valence-corrected chi connectivity index (χ0v) is 13.4. The van der Waals surface area contributed by atoms with Crippen LogP contribution >= 0.6 is 11.5 Å². The molecule has 0 aliphatic carbocycles.